The van der Waals surface area contributed by atoms with E-state index in [1.165, 1.54) is 5.56 Å². The Morgan fingerprint density at radius 1 is 1.33 bits per heavy atom. The Bertz CT molecular complexity index is 458. The molecule has 0 radical (unpaired) electrons. The third kappa shape index (κ3) is 4.21. The van der Waals surface area contributed by atoms with Gasteiger partial charge in [0.25, 0.3) is 0 Å². The monoisotopic (exact) mass is 290 g/mol. The molecule has 1 fully saturated rings. The second-order valence-electron chi connectivity index (χ2n) is 5.89. The molecule has 21 heavy (non-hydrogen) atoms. The van der Waals surface area contributed by atoms with Crippen LogP contribution in [0.15, 0.2) is 24.3 Å². The second kappa shape index (κ2) is 7.46. The summed E-state index contributed by atoms with van der Waals surface area (Å²) in [5.41, 5.74) is 1.18. The number of hydrogen-bond acceptors (Lipinski definition) is 3. The lowest BCUT2D eigenvalue weighted by Crippen LogP contribution is -2.37. The number of carbonyl (C=O) groups excluding carboxylic acids is 1. The van der Waals surface area contributed by atoms with Crippen LogP contribution in [-0.4, -0.2) is 38.1 Å². The van der Waals surface area contributed by atoms with Crippen molar-refractivity contribution in [2.75, 3.05) is 27.2 Å². The Labute approximate surface area is 127 Å². The largest absolute Gasteiger partial charge is 0.497 e. The lowest BCUT2D eigenvalue weighted by Gasteiger charge is -2.27. The quantitative estimate of drug-likeness (QED) is 0.906. The van der Waals surface area contributed by atoms with Crippen LogP contribution in [0.1, 0.15) is 37.8 Å². The van der Waals surface area contributed by atoms with Crippen molar-refractivity contribution in [2.24, 2.45) is 5.92 Å². The average molecular weight is 290 g/mol. The van der Waals surface area contributed by atoms with Crippen molar-refractivity contribution in [3.63, 3.8) is 0 Å². The summed E-state index contributed by atoms with van der Waals surface area (Å²) in [6.45, 7) is 3.83. The van der Waals surface area contributed by atoms with Crippen molar-refractivity contribution < 1.29 is 9.53 Å². The van der Waals surface area contributed by atoms with Gasteiger partial charge in [-0.2, -0.15) is 0 Å². The normalized spacial score (nSPS) is 21.0. The van der Waals surface area contributed by atoms with Gasteiger partial charge in [-0.15, -0.1) is 0 Å². The summed E-state index contributed by atoms with van der Waals surface area (Å²) in [4.78, 5) is 14.2. The first-order chi connectivity index (χ1) is 10.1. The van der Waals surface area contributed by atoms with E-state index in [0.29, 0.717) is 12.3 Å². The zero-order valence-electron chi connectivity index (χ0n) is 13.3. The Morgan fingerprint density at radius 3 is 2.67 bits per heavy atom. The Morgan fingerprint density at radius 2 is 2.05 bits per heavy atom. The highest BCUT2D eigenvalue weighted by Crippen LogP contribution is 2.22. The lowest BCUT2D eigenvalue weighted by molar-refractivity contribution is -0.131. The average Bonchev–Trinajstić information content (AvgIpc) is 2.67. The molecule has 1 aromatic rings. The van der Waals surface area contributed by atoms with Gasteiger partial charge in [-0.1, -0.05) is 19.1 Å². The molecular weight excluding hydrogens is 264 g/mol. The fourth-order valence-electron chi connectivity index (χ4n) is 2.79. The van der Waals surface area contributed by atoms with Gasteiger partial charge in [0.2, 0.25) is 5.91 Å². The smallest absolute Gasteiger partial charge is 0.222 e. The van der Waals surface area contributed by atoms with Crippen LogP contribution in [0.4, 0.5) is 0 Å². The van der Waals surface area contributed by atoms with Gasteiger partial charge in [0.05, 0.1) is 7.11 Å². The maximum absolute atomic E-state index is 12.2. The number of hydrogen-bond donors (Lipinski definition) is 1. The number of nitrogens with zero attached hydrogens (tertiary/aromatic N) is 1. The molecule has 2 atom stereocenters. The van der Waals surface area contributed by atoms with E-state index in [9.17, 15) is 4.79 Å². The first-order valence-electron chi connectivity index (χ1n) is 7.73. The first-order valence-corrected chi connectivity index (χ1v) is 7.73. The molecule has 0 saturated carbocycles. The van der Waals surface area contributed by atoms with Crippen LogP contribution in [0.3, 0.4) is 0 Å². The van der Waals surface area contributed by atoms with Crippen LogP contribution in [-0.2, 0) is 4.79 Å². The van der Waals surface area contributed by atoms with Crippen molar-refractivity contribution in [2.45, 2.75) is 32.2 Å². The van der Waals surface area contributed by atoms with Crippen LogP contribution in [0.2, 0.25) is 0 Å². The topological polar surface area (TPSA) is 41.6 Å². The third-order valence-corrected chi connectivity index (χ3v) is 4.37. The molecule has 2 unspecified atom stereocenters. The van der Waals surface area contributed by atoms with E-state index in [-0.39, 0.29) is 11.9 Å². The molecule has 1 aliphatic rings. The van der Waals surface area contributed by atoms with Crippen molar-refractivity contribution in [3.05, 3.63) is 29.8 Å². The maximum Gasteiger partial charge on any atom is 0.222 e. The number of likely N-dealkylation sites (N-methyl/N-ethyl adjacent to an activating group) is 1. The minimum Gasteiger partial charge on any atom is -0.497 e. The molecule has 4 heteroatoms. The predicted octanol–water partition coefficient (Wildman–Crippen LogP) is 2.60. The molecular formula is C17H26N2O2. The van der Waals surface area contributed by atoms with Gasteiger partial charge in [0, 0.05) is 25.6 Å². The number of rotatable bonds is 5. The van der Waals surface area contributed by atoms with Gasteiger partial charge < -0.3 is 15.0 Å². The highest BCUT2D eigenvalue weighted by atomic mass is 16.5. The standard InChI is InChI=1S/C17H26N2O2/c1-13-4-9-17(20)19(11-10-13)12-16(18-2)14-5-7-15(21-3)8-6-14/h5-8,13,16,18H,4,9-12H2,1-3H3. The van der Waals surface area contributed by atoms with Crippen molar-refractivity contribution in [1.29, 1.82) is 0 Å². The van der Waals surface area contributed by atoms with Gasteiger partial charge in [0.1, 0.15) is 5.75 Å². The molecule has 116 valence electrons. The number of nitrogens with one attached hydrogen (secondary N) is 1. The lowest BCUT2D eigenvalue weighted by atomic mass is 10.0. The molecule has 1 heterocycles. The minimum atomic E-state index is 0.160. The molecule has 0 bridgehead atoms. The summed E-state index contributed by atoms with van der Waals surface area (Å²) < 4.78 is 5.19. The molecule has 4 nitrogen and oxygen atoms in total. The number of benzene rings is 1. The summed E-state index contributed by atoms with van der Waals surface area (Å²) in [7, 11) is 3.61. The number of amides is 1. The highest BCUT2D eigenvalue weighted by molar-refractivity contribution is 5.76. The molecule has 1 saturated heterocycles. The van der Waals surface area contributed by atoms with Gasteiger partial charge in [-0.25, -0.2) is 0 Å². The van der Waals surface area contributed by atoms with Gasteiger partial charge in [-0.05, 0) is 43.5 Å². The number of methoxy groups -OCH3 is 1. The maximum atomic E-state index is 12.2. The van der Waals surface area contributed by atoms with E-state index in [2.05, 4.69) is 24.4 Å². The summed E-state index contributed by atoms with van der Waals surface area (Å²) in [5, 5.41) is 3.32. The van der Waals surface area contributed by atoms with E-state index in [0.717, 1.165) is 31.7 Å². The zero-order valence-corrected chi connectivity index (χ0v) is 13.3. The van der Waals surface area contributed by atoms with Crippen LogP contribution < -0.4 is 10.1 Å². The van der Waals surface area contributed by atoms with E-state index < -0.39 is 0 Å². The Balaban J connectivity index is 2.04. The van der Waals surface area contributed by atoms with E-state index >= 15 is 0 Å². The van der Waals surface area contributed by atoms with E-state index in [1.807, 2.05) is 24.1 Å². The molecule has 0 spiro atoms. The van der Waals surface area contributed by atoms with Crippen LogP contribution in [0, 0.1) is 5.92 Å². The molecule has 1 N–H and O–H groups in total. The molecule has 2 rings (SSSR count). The predicted molar refractivity (Wildman–Crippen MR) is 84.4 cm³/mol. The number of carbonyl (C=O) groups is 1. The van der Waals surface area contributed by atoms with Gasteiger partial charge in [-0.3, -0.25) is 4.79 Å². The Kier molecular flexibility index (Phi) is 5.62. The third-order valence-electron chi connectivity index (χ3n) is 4.37. The van der Waals surface area contributed by atoms with E-state index in [4.69, 9.17) is 4.74 Å². The van der Waals surface area contributed by atoms with Gasteiger partial charge in [0.15, 0.2) is 0 Å². The fraction of sp³-hybridized carbons (Fsp3) is 0.588. The molecule has 0 aromatic heterocycles. The fourth-order valence-corrected chi connectivity index (χ4v) is 2.79. The minimum absolute atomic E-state index is 0.160. The van der Waals surface area contributed by atoms with Crippen LogP contribution in [0.25, 0.3) is 0 Å². The van der Waals surface area contributed by atoms with Crippen LogP contribution >= 0.6 is 0 Å². The first kappa shape index (κ1) is 15.8. The van der Waals surface area contributed by atoms with Crippen LogP contribution in [0.5, 0.6) is 5.75 Å². The van der Waals surface area contributed by atoms with Gasteiger partial charge >= 0.3 is 0 Å². The SMILES string of the molecule is CNC(CN1CCC(C)CCC1=O)c1ccc(OC)cc1. The molecule has 0 aliphatic carbocycles. The Hall–Kier alpha value is -1.55. The molecule has 1 aliphatic heterocycles. The second-order valence-corrected chi connectivity index (χ2v) is 5.89. The molecule has 1 aromatic carbocycles. The number of likely N-dealkylation sites (tertiary alicyclic amines) is 1. The van der Waals surface area contributed by atoms with Crippen molar-refractivity contribution in [3.8, 4) is 5.75 Å². The summed E-state index contributed by atoms with van der Waals surface area (Å²) in [5.74, 6) is 1.79. The highest BCUT2D eigenvalue weighted by Gasteiger charge is 2.23. The zero-order chi connectivity index (χ0) is 15.2. The summed E-state index contributed by atoms with van der Waals surface area (Å²) >= 11 is 0. The summed E-state index contributed by atoms with van der Waals surface area (Å²) in [6, 6.07) is 8.21. The number of ether oxygens (including phenoxy) is 1. The van der Waals surface area contributed by atoms with E-state index in [1.54, 1.807) is 7.11 Å². The molecule has 1 amide bonds. The van der Waals surface area contributed by atoms with Crippen molar-refractivity contribution >= 4 is 5.91 Å². The van der Waals surface area contributed by atoms with Crippen molar-refractivity contribution in [1.82, 2.24) is 10.2 Å². The summed E-state index contributed by atoms with van der Waals surface area (Å²) in [6.07, 6.45) is 2.80.